The van der Waals surface area contributed by atoms with Gasteiger partial charge in [-0.15, -0.1) is 11.3 Å². The summed E-state index contributed by atoms with van der Waals surface area (Å²) >= 11 is 7.36. The van der Waals surface area contributed by atoms with Crippen molar-refractivity contribution in [1.29, 1.82) is 5.41 Å². The minimum Gasteiger partial charge on any atom is -0.384 e. The van der Waals surface area contributed by atoms with Gasteiger partial charge in [0.15, 0.2) is 0 Å². The average molecular weight is 637 g/mol. The van der Waals surface area contributed by atoms with E-state index >= 15 is 0 Å². The number of nitrogen functional groups attached to an aromatic ring is 1. The molecular formula is C28H37ClN6O5S2. The van der Waals surface area contributed by atoms with Gasteiger partial charge in [-0.1, -0.05) is 35.4 Å². The molecule has 42 heavy (non-hydrogen) atoms. The summed E-state index contributed by atoms with van der Waals surface area (Å²) in [5.41, 5.74) is 8.20. The van der Waals surface area contributed by atoms with Gasteiger partial charge in [0.25, 0.3) is 0 Å². The topological polar surface area (TPSA) is 167 Å². The van der Waals surface area contributed by atoms with Crippen LogP contribution in [0.15, 0.2) is 47.4 Å². The first-order valence-electron chi connectivity index (χ1n) is 13.7. The fourth-order valence-corrected chi connectivity index (χ4v) is 6.67. The summed E-state index contributed by atoms with van der Waals surface area (Å²) in [5, 5.41) is 16.1. The molecule has 1 aromatic heterocycles. The molecule has 0 radical (unpaired) electrons. The maximum absolute atomic E-state index is 13.9. The first-order valence-corrected chi connectivity index (χ1v) is 16.9. The molecule has 0 unspecified atom stereocenters. The minimum absolute atomic E-state index is 0.0547. The Morgan fingerprint density at radius 1 is 1.29 bits per heavy atom. The van der Waals surface area contributed by atoms with Gasteiger partial charge in [-0.05, 0) is 56.1 Å². The van der Waals surface area contributed by atoms with Crippen molar-refractivity contribution in [2.45, 2.75) is 57.0 Å². The molecule has 2 aliphatic rings. The number of hydrogen-bond acceptors (Lipinski definition) is 8. The molecule has 2 aliphatic heterocycles. The SMILES string of the molecule is CS(=O)(=O)N[C@H](CC=C1CCNCC1)C(=O)N1C[C@H](OCc2ccc(Cl)cc2)C[C@H]1C(=O)NCc1cc(C(=N)N)cs1. The lowest BCUT2D eigenvalue weighted by Gasteiger charge is -2.28. The maximum Gasteiger partial charge on any atom is 0.243 e. The standard InChI is InChI=1S/C28H37ClN6O5S2/c1-42(38,39)34-24(7-4-18-8-10-32-11-9-18)28(37)35-15-22(40-16-19-2-5-21(29)6-3-19)13-25(35)27(36)33-14-23-12-20(17-41-23)26(30)31/h2-6,12,17,22,24-25,32,34H,7-11,13-16H2,1H3,(H3,30,31)(H,33,36)/t22-,24-,25+/m1/s1. The zero-order valence-corrected chi connectivity index (χ0v) is 25.8. The maximum atomic E-state index is 13.9. The second kappa shape index (κ2) is 14.6. The molecule has 0 saturated carbocycles. The Hall–Kier alpha value is -2.81. The van der Waals surface area contributed by atoms with E-state index in [0.717, 1.165) is 42.6 Å². The minimum atomic E-state index is -3.71. The van der Waals surface area contributed by atoms with Crippen molar-refractivity contribution in [2.75, 3.05) is 25.9 Å². The van der Waals surface area contributed by atoms with E-state index in [9.17, 15) is 18.0 Å². The van der Waals surface area contributed by atoms with Crippen molar-refractivity contribution >= 4 is 50.6 Å². The Balaban J connectivity index is 1.50. The lowest BCUT2D eigenvalue weighted by Crippen LogP contribution is -2.53. The van der Waals surface area contributed by atoms with Crippen LogP contribution in [0.5, 0.6) is 0 Å². The highest BCUT2D eigenvalue weighted by molar-refractivity contribution is 7.88. The number of nitrogens with one attached hydrogen (secondary N) is 4. The van der Waals surface area contributed by atoms with Crippen molar-refractivity contribution in [3.05, 3.63) is 68.4 Å². The Morgan fingerprint density at radius 3 is 2.64 bits per heavy atom. The molecule has 228 valence electrons. The number of amidine groups is 1. The lowest BCUT2D eigenvalue weighted by atomic mass is 10.0. The zero-order chi connectivity index (χ0) is 30.3. The molecule has 6 N–H and O–H groups in total. The molecule has 2 saturated heterocycles. The molecule has 4 rings (SSSR count). The Kier molecular flexibility index (Phi) is 11.1. The second-order valence-electron chi connectivity index (χ2n) is 10.5. The van der Waals surface area contributed by atoms with Crippen LogP contribution in [0.2, 0.25) is 5.02 Å². The molecule has 3 atom stereocenters. The van der Waals surface area contributed by atoms with Crippen LogP contribution in [-0.4, -0.2) is 75.0 Å². The Morgan fingerprint density at radius 2 is 2.00 bits per heavy atom. The molecular weight excluding hydrogens is 600 g/mol. The first kappa shape index (κ1) is 32.1. The van der Waals surface area contributed by atoms with E-state index < -0.39 is 34.1 Å². The number of amides is 2. The summed E-state index contributed by atoms with van der Waals surface area (Å²) in [5.74, 6) is -0.895. The molecule has 14 heteroatoms. The molecule has 2 aromatic rings. The molecule has 0 bridgehead atoms. The lowest BCUT2D eigenvalue weighted by molar-refractivity contribution is -0.139. The van der Waals surface area contributed by atoms with E-state index in [1.807, 2.05) is 18.2 Å². The normalized spacial score (nSPS) is 19.9. The molecule has 1 aromatic carbocycles. The fraction of sp³-hybridized carbons (Fsp3) is 0.464. The van der Waals surface area contributed by atoms with E-state index in [-0.39, 0.29) is 44.3 Å². The highest BCUT2D eigenvalue weighted by atomic mass is 35.5. The second-order valence-corrected chi connectivity index (χ2v) is 13.7. The van der Waals surface area contributed by atoms with Crippen molar-refractivity contribution in [2.24, 2.45) is 5.73 Å². The van der Waals surface area contributed by atoms with Crippen LogP contribution in [-0.2, 0) is 37.5 Å². The van der Waals surface area contributed by atoms with Crippen molar-refractivity contribution in [3.8, 4) is 0 Å². The molecule has 2 amide bonds. The number of thiophene rings is 1. The van der Waals surface area contributed by atoms with Gasteiger partial charge in [0.2, 0.25) is 21.8 Å². The number of likely N-dealkylation sites (tertiary alicyclic amines) is 1. The van der Waals surface area contributed by atoms with E-state index in [4.69, 9.17) is 27.5 Å². The van der Waals surface area contributed by atoms with Crippen molar-refractivity contribution in [3.63, 3.8) is 0 Å². The third-order valence-electron chi connectivity index (χ3n) is 7.19. The van der Waals surface area contributed by atoms with E-state index in [1.165, 1.54) is 21.8 Å². The van der Waals surface area contributed by atoms with Crippen LogP contribution < -0.4 is 21.1 Å². The number of carbonyl (C=O) groups excluding carboxylic acids is 2. The summed E-state index contributed by atoms with van der Waals surface area (Å²) < 4.78 is 33.1. The number of benzene rings is 1. The zero-order valence-electron chi connectivity index (χ0n) is 23.4. The summed E-state index contributed by atoms with van der Waals surface area (Å²) in [6.45, 7) is 2.29. The third-order valence-corrected chi connectivity index (χ3v) is 9.09. The van der Waals surface area contributed by atoms with Gasteiger partial charge in [0, 0.05) is 33.8 Å². The monoisotopic (exact) mass is 636 g/mol. The fourth-order valence-electron chi connectivity index (χ4n) is 5.01. The third kappa shape index (κ3) is 9.35. The van der Waals surface area contributed by atoms with Crippen LogP contribution >= 0.6 is 22.9 Å². The number of rotatable bonds is 12. The largest absolute Gasteiger partial charge is 0.384 e. The van der Waals surface area contributed by atoms with Gasteiger partial charge in [-0.3, -0.25) is 15.0 Å². The summed E-state index contributed by atoms with van der Waals surface area (Å²) in [6.07, 6.45) is 4.64. The van der Waals surface area contributed by atoms with Gasteiger partial charge in [-0.2, -0.15) is 0 Å². The van der Waals surface area contributed by atoms with E-state index in [1.54, 1.807) is 23.6 Å². The average Bonchev–Trinajstić information content (AvgIpc) is 3.61. The van der Waals surface area contributed by atoms with Gasteiger partial charge in [0.05, 0.1) is 25.5 Å². The number of nitrogens with zero attached hydrogens (tertiary/aromatic N) is 1. The summed E-state index contributed by atoms with van der Waals surface area (Å²) in [7, 11) is -3.71. The Labute approximate surface area is 255 Å². The molecule has 0 aliphatic carbocycles. The number of carbonyl (C=O) groups is 2. The number of hydrogen-bond donors (Lipinski definition) is 5. The highest BCUT2D eigenvalue weighted by Gasteiger charge is 2.42. The van der Waals surface area contributed by atoms with Crippen LogP contribution in [0.3, 0.4) is 0 Å². The Bertz CT molecular complexity index is 1400. The van der Waals surface area contributed by atoms with Gasteiger partial charge < -0.3 is 26.0 Å². The predicted molar refractivity (Wildman–Crippen MR) is 164 cm³/mol. The predicted octanol–water partition coefficient (Wildman–Crippen LogP) is 2.11. The first-order chi connectivity index (χ1) is 20.0. The van der Waals surface area contributed by atoms with Gasteiger partial charge in [0.1, 0.15) is 17.9 Å². The van der Waals surface area contributed by atoms with Crippen molar-refractivity contribution < 1.29 is 22.7 Å². The number of halogens is 1. The van der Waals surface area contributed by atoms with Crippen LogP contribution in [0.1, 0.15) is 41.7 Å². The summed E-state index contributed by atoms with van der Waals surface area (Å²) in [4.78, 5) is 29.6. The van der Waals surface area contributed by atoms with E-state index in [2.05, 4.69) is 15.4 Å². The van der Waals surface area contributed by atoms with Crippen LogP contribution in [0.25, 0.3) is 0 Å². The quantitative estimate of drug-likeness (QED) is 0.135. The number of piperidine rings is 1. The van der Waals surface area contributed by atoms with Crippen LogP contribution in [0.4, 0.5) is 0 Å². The number of nitrogens with two attached hydrogens (primary N) is 1. The van der Waals surface area contributed by atoms with Gasteiger partial charge >= 0.3 is 0 Å². The molecule has 11 nitrogen and oxygen atoms in total. The molecule has 3 heterocycles. The van der Waals surface area contributed by atoms with Crippen LogP contribution in [0, 0.1) is 5.41 Å². The molecule has 2 fully saturated rings. The number of ether oxygens (including phenoxy) is 1. The summed E-state index contributed by atoms with van der Waals surface area (Å²) in [6, 6.07) is 7.06. The van der Waals surface area contributed by atoms with Crippen molar-refractivity contribution in [1.82, 2.24) is 20.3 Å². The van der Waals surface area contributed by atoms with Gasteiger partial charge in [-0.25, -0.2) is 13.1 Å². The molecule has 0 spiro atoms. The number of sulfonamides is 1. The van der Waals surface area contributed by atoms with E-state index in [0.29, 0.717) is 10.6 Å². The smallest absolute Gasteiger partial charge is 0.243 e. The highest BCUT2D eigenvalue weighted by Crippen LogP contribution is 2.25.